The van der Waals surface area contributed by atoms with E-state index in [-0.39, 0.29) is 17.3 Å². The molecule has 0 unspecified atom stereocenters. The Kier molecular flexibility index (Phi) is 6.71. The van der Waals surface area contributed by atoms with Crippen LogP contribution in [-0.4, -0.2) is 71.9 Å². The number of nitrogens with zero attached hydrogens (tertiary/aromatic N) is 2. The first kappa shape index (κ1) is 22.2. The molecule has 9 nitrogen and oxygen atoms in total. The number of carbonyl (C=O) groups excluding carboxylic acids is 1. The summed E-state index contributed by atoms with van der Waals surface area (Å²) in [4.78, 5) is 14.6. The number of amides is 1. The van der Waals surface area contributed by atoms with Crippen molar-refractivity contribution in [3.8, 4) is 17.2 Å². The van der Waals surface area contributed by atoms with Crippen LogP contribution in [0.1, 0.15) is 6.92 Å². The fourth-order valence-corrected chi connectivity index (χ4v) is 4.97. The van der Waals surface area contributed by atoms with Gasteiger partial charge < -0.3 is 23.8 Å². The summed E-state index contributed by atoms with van der Waals surface area (Å²) < 4.78 is 50.2. The molecule has 0 spiro atoms. The van der Waals surface area contributed by atoms with Gasteiger partial charge in [-0.2, -0.15) is 0 Å². The molecule has 2 aliphatic rings. The normalized spacial score (nSPS) is 15.8. The lowest BCUT2D eigenvalue weighted by Crippen LogP contribution is -2.47. The van der Waals surface area contributed by atoms with Crippen LogP contribution >= 0.6 is 0 Å². The number of sulfonamides is 1. The molecule has 4 rings (SSSR count). The van der Waals surface area contributed by atoms with Crippen LogP contribution in [-0.2, 0) is 19.6 Å². The average Bonchev–Trinajstić information content (AvgIpc) is 2.83. The van der Waals surface area contributed by atoms with E-state index in [2.05, 4.69) is 0 Å². The van der Waals surface area contributed by atoms with Gasteiger partial charge in [-0.25, -0.2) is 8.42 Å². The molecule has 0 aliphatic carbocycles. The highest BCUT2D eigenvalue weighted by atomic mass is 32.2. The first-order chi connectivity index (χ1) is 15.5. The van der Waals surface area contributed by atoms with Crippen molar-refractivity contribution in [3.05, 3.63) is 42.5 Å². The first-order valence-electron chi connectivity index (χ1n) is 10.5. The van der Waals surface area contributed by atoms with Crippen molar-refractivity contribution in [3.63, 3.8) is 0 Å². The highest BCUT2D eigenvalue weighted by molar-refractivity contribution is 7.92. The minimum Gasteiger partial charge on any atom is -0.494 e. The molecule has 10 heteroatoms. The van der Waals surface area contributed by atoms with Crippen molar-refractivity contribution < 1.29 is 32.2 Å². The maximum absolute atomic E-state index is 13.7. The van der Waals surface area contributed by atoms with Crippen molar-refractivity contribution >= 4 is 21.6 Å². The maximum atomic E-state index is 13.7. The van der Waals surface area contributed by atoms with E-state index in [0.717, 1.165) is 4.31 Å². The van der Waals surface area contributed by atoms with Crippen LogP contribution in [0.25, 0.3) is 0 Å². The average molecular weight is 463 g/mol. The van der Waals surface area contributed by atoms with E-state index in [1.54, 1.807) is 35.2 Å². The summed E-state index contributed by atoms with van der Waals surface area (Å²) in [5, 5.41) is 0. The summed E-state index contributed by atoms with van der Waals surface area (Å²) in [5.41, 5.74) is 0.366. The van der Waals surface area contributed by atoms with Gasteiger partial charge in [-0.1, -0.05) is 0 Å². The van der Waals surface area contributed by atoms with Gasteiger partial charge in [0.05, 0.1) is 30.4 Å². The molecule has 0 radical (unpaired) electrons. The largest absolute Gasteiger partial charge is 0.494 e. The molecule has 1 fully saturated rings. The summed E-state index contributed by atoms with van der Waals surface area (Å²) in [7, 11) is -4.07. The van der Waals surface area contributed by atoms with Crippen LogP contribution in [0.3, 0.4) is 0 Å². The predicted molar refractivity (Wildman–Crippen MR) is 117 cm³/mol. The fourth-order valence-electron chi connectivity index (χ4n) is 3.54. The lowest BCUT2D eigenvalue weighted by molar-refractivity contribution is -0.133. The molecule has 0 saturated carbocycles. The molecule has 32 heavy (non-hydrogen) atoms. The predicted octanol–water partition coefficient (Wildman–Crippen LogP) is 1.91. The number of carbonyl (C=O) groups is 1. The van der Waals surface area contributed by atoms with E-state index < -0.39 is 10.0 Å². The number of benzene rings is 2. The third-order valence-electron chi connectivity index (χ3n) is 5.18. The summed E-state index contributed by atoms with van der Waals surface area (Å²) in [6, 6.07) is 11.1. The lowest BCUT2D eigenvalue weighted by Gasteiger charge is -2.31. The van der Waals surface area contributed by atoms with Crippen LogP contribution in [0.2, 0.25) is 0 Å². The Labute approximate surface area is 187 Å². The third kappa shape index (κ3) is 4.76. The standard InChI is InChI=1S/C22H26N2O7S/c1-2-29-18-5-3-17(4-6-18)24(16-22(25)23-9-11-28-12-10-23)32(26,27)19-7-8-20-21(15-19)31-14-13-30-20/h3-8,15H,2,9-14,16H2,1H3. The number of hydrogen-bond acceptors (Lipinski definition) is 7. The first-order valence-corrected chi connectivity index (χ1v) is 11.9. The van der Waals surface area contributed by atoms with Crippen molar-refractivity contribution in [2.45, 2.75) is 11.8 Å². The lowest BCUT2D eigenvalue weighted by atomic mass is 10.3. The number of anilines is 1. The number of rotatable bonds is 7. The number of fused-ring (bicyclic) bond motifs is 1. The van der Waals surface area contributed by atoms with E-state index >= 15 is 0 Å². The third-order valence-corrected chi connectivity index (χ3v) is 6.95. The second-order valence-corrected chi connectivity index (χ2v) is 9.10. The van der Waals surface area contributed by atoms with Crippen LogP contribution in [0.4, 0.5) is 5.69 Å². The van der Waals surface area contributed by atoms with E-state index in [9.17, 15) is 13.2 Å². The fraction of sp³-hybridized carbons (Fsp3) is 0.409. The van der Waals surface area contributed by atoms with Gasteiger partial charge in [0, 0.05) is 19.2 Å². The number of morpholine rings is 1. The minimum atomic E-state index is -4.07. The van der Waals surface area contributed by atoms with E-state index in [1.165, 1.54) is 12.1 Å². The van der Waals surface area contributed by atoms with Gasteiger partial charge in [-0.3, -0.25) is 9.10 Å². The summed E-state index contributed by atoms with van der Waals surface area (Å²) in [5.74, 6) is 1.19. The number of ether oxygens (including phenoxy) is 4. The Morgan fingerprint density at radius 1 is 1.00 bits per heavy atom. The minimum absolute atomic E-state index is 0.0189. The second kappa shape index (κ2) is 9.66. The Morgan fingerprint density at radius 3 is 2.38 bits per heavy atom. The molecule has 172 valence electrons. The molecule has 0 aromatic heterocycles. The SMILES string of the molecule is CCOc1ccc(N(CC(=O)N2CCOCC2)S(=O)(=O)c2ccc3c(c2)OCCO3)cc1. The van der Waals surface area contributed by atoms with Crippen molar-refractivity contribution in [2.75, 3.05) is 57.0 Å². The molecule has 2 aromatic rings. The molecule has 2 heterocycles. The molecule has 0 bridgehead atoms. The quantitative estimate of drug-likeness (QED) is 0.620. The van der Waals surface area contributed by atoms with Crippen LogP contribution < -0.4 is 18.5 Å². The van der Waals surface area contributed by atoms with Gasteiger partial charge in [0.2, 0.25) is 5.91 Å². The van der Waals surface area contributed by atoms with Crippen LogP contribution in [0.15, 0.2) is 47.4 Å². The van der Waals surface area contributed by atoms with Crippen molar-refractivity contribution in [1.29, 1.82) is 0 Å². The van der Waals surface area contributed by atoms with Gasteiger partial charge in [-0.05, 0) is 43.3 Å². The van der Waals surface area contributed by atoms with Crippen molar-refractivity contribution in [2.24, 2.45) is 0 Å². The van der Waals surface area contributed by atoms with E-state index in [4.69, 9.17) is 18.9 Å². The second-order valence-electron chi connectivity index (χ2n) is 7.24. The molecular formula is C22H26N2O7S. The van der Waals surface area contributed by atoms with Crippen LogP contribution in [0.5, 0.6) is 17.2 Å². The van der Waals surface area contributed by atoms with E-state index in [1.807, 2.05) is 6.92 Å². The van der Waals surface area contributed by atoms with Gasteiger partial charge in [0.1, 0.15) is 25.5 Å². The Hall–Kier alpha value is -2.98. The Bertz CT molecular complexity index is 1050. The molecule has 1 saturated heterocycles. The maximum Gasteiger partial charge on any atom is 0.264 e. The Morgan fingerprint density at radius 2 is 1.69 bits per heavy atom. The molecule has 1 amide bonds. The van der Waals surface area contributed by atoms with E-state index in [0.29, 0.717) is 69.1 Å². The highest BCUT2D eigenvalue weighted by Crippen LogP contribution is 2.34. The summed E-state index contributed by atoms with van der Waals surface area (Å²) >= 11 is 0. The summed E-state index contributed by atoms with van der Waals surface area (Å²) in [6.45, 7) is 4.51. The molecule has 2 aromatic carbocycles. The molecule has 2 aliphatic heterocycles. The topological polar surface area (TPSA) is 94.6 Å². The van der Waals surface area contributed by atoms with Gasteiger partial charge in [0.25, 0.3) is 10.0 Å². The Balaban J connectivity index is 1.67. The van der Waals surface area contributed by atoms with Gasteiger partial charge in [-0.15, -0.1) is 0 Å². The molecule has 0 N–H and O–H groups in total. The zero-order chi connectivity index (χ0) is 22.6. The van der Waals surface area contributed by atoms with Crippen molar-refractivity contribution in [1.82, 2.24) is 4.90 Å². The zero-order valence-corrected chi connectivity index (χ0v) is 18.7. The van der Waals surface area contributed by atoms with Gasteiger partial charge >= 0.3 is 0 Å². The van der Waals surface area contributed by atoms with Crippen LogP contribution in [0, 0.1) is 0 Å². The molecule has 0 atom stereocenters. The monoisotopic (exact) mass is 462 g/mol. The zero-order valence-electron chi connectivity index (χ0n) is 17.9. The number of hydrogen-bond donors (Lipinski definition) is 0. The summed E-state index contributed by atoms with van der Waals surface area (Å²) in [6.07, 6.45) is 0. The smallest absolute Gasteiger partial charge is 0.264 e. The molecular weight excluding hydrogens is 436 g/mol. The van der Waals surface area contributed by atoms with Gasteiger partial charge in [0.15, 0.2) is 11.5 Å². The highest BCUT2D eigenvalue weighted by Gasteiger charge is 2.31.